The maximum Gasteiger partial charge on any atom is 0.277 e. The summed E-state index contributed by atoms with van der Waals surface area (Å²) in [5.41, 5.74) is 6.76. The number of hydrogen-bond acceptors (Lipinski definition) is 2. The number of aryl methyl sites for hydroxylation is 4. The second-order valence-electron chi connectivity index (χ2n) is 6.59. The standard InChI is InChI=1S/C19H21N3O/c1-13-7-8-14(2)15(11-13)12-21-9-10-22-18(19(21)23)16-5-3-4-6-17(16)20-22/h7-11H,3-6,12H2,1-2H3. The fourth-order valence-electron chi connectivity index (χ4n) is 3.53. The summed E-state index contributed by atoms with van der Waals surface area (Å²) in [7, 11) is 0. The van der Waals surface area contributed by atoms with Crippen LogP contribution in [0.3, 0.4) is 0 Å². The molecule has 4 rings (SSSR count). The molecular formula is C19H21N3O. The molecule has 0 bridgehead atoms. The first-order valence-electron chi connectivity index (χ1n) is 8.29. The molecule has 0 saturated carbocycles. The summed E-state index contributed by atoms with van der Waals surface area (Å²) >= 11 is 0. The summed E-state index contributed by atoms with van der Waals surface area (Å²) in [5, 5.41) is 4.60. The van der Waals surface area contributed by atoms with E-state index in [4.69, 9.17) is 0 Å². The van der Waals surface area contributed by atoms with Crippen LogP contribution in [-0.2, 0) is 19.4 Å². The van der Waals surface area contributed by atoms with E-state index in [0.717, 1.165) is 36.0 Å². The predicted octanol–water partition coefficient (Wildman–Crippen LogP) is 3.04. The zero-order valence-corrected chi connectivity index (χ0v) is 13.7. The van der Waals surface area contributed by atoms with Gasteiger partial charge in [0.25, 0.3) is 5.56 Å². The number of hydrogen-bond donors (Lipinski definition) is 0. The minimum absolute atomic E-state index is 0.0732. The Morgan fingerprint density at radius 1 is 1.13 bits per heavy atom. The highest BCUT2D eigenvalue weighted by Crippen LogP contribution is 2.22. The van der Waals surface area contributed by atoms with Gasteiger partial charge in [-0.1, -0.05) is 23.8 Å². The normalized spacial score (nSPS) is 14.2. The van der Waals surface area contributed by atoms with E-state index in [1.807, 2.05) is 17.0 Å². The molecule has 0 spiro atoms. The molecule has 1 aromatic carbocycles. The molecule has 2 aromatic heterocycles. The Labute approximate surface area is 135 Å². The van der Waals surface area contributed by atoms with Crippen LogP contribution in [0, 0.1) is 13.8 Å². The molecule has 0 aliphatic heterocycles. The Kier molecular flexibility index (Phi) is 3.33. The Morgan fingerprint density at radius 2 is 1.96 bits per heavy atom. The first kappa shape index (κ1) is 14.2. The molecule has 0 amide bonds. The van der Waals surface area contributed by atoms with Crippen LogP contribution < -0.4 is 5.56 Å². The van der Waals surface area contributed by atoms with E-state index in [1.165, 1.54) is 23.1 Å². The summed E-state index contributed by atoms with van der Waals surface area (Å²) in [4.78, 5) is 13.0. The summed E-state index contributed by atoms with van der Waals surface area (Å²) in [6.07, 6.45) is 8.07. The minimum atomic E-state index is 0.0732. The summed E-state index contributed by atoms with van der Waals surface area (Å²) in [6, 6.07) is 6.39. The van der Waals surface area contributed by atoms with Gasteiger partial charge in [0, 0.05) is 18.0 Å². The number of nitrogens with zero attached hydrogens (tertiary/aromatic N) is 3. The van der Waals surface area contributed by atoms with Gasteiger partial charge >= 0.3 is 0 Å². The van der Waals surface area contributed by atoms with Crippen molar-refractivity contribution < 1.29 is 0 Å². The maximum absolute atomic E-state index is 13.0. The average Bonchev–Trinajstić information content (AvgIpc) is 2.92. The third-order valence-electron chi connectivity index (χ3n) is 4.88. The van der Waals surface area contributed by atoms with Gasteiger partial charge in [0.1, 0.15) is 5.52 Å². The highest BCUT2D eigenvalue weighted by atomic mass is 16.1. The number of aromatic nitrogens is 3. The molecular weight excluding hydrogens is 286 g/mol. The van der Waals surface area contributed by atoms with Crippen molar-refractivity contribution in [2.75, 3.05) is 0 Å². The molecule has 4 nitrogen and oxygen atoms in total. The lowest BCUT2D eigenvalue weighted by Crippen LogP contribution is -2.23. The van der Waals surface area contributed by atoms with Crippen LogP contribution in [0.25, 0.3) is 5.52 Å². The van der Waals surface area contributed by atoms with E-state index in [0.29, 0.717) is 6.54 Å². The van der Waals surface area contributed by atoms with Gasteiger partial charge in [-0.25, -0.2) is 4.52 Å². The van der Waals surface area contributed by atoms with Crippen molar-refractivity contribution in [1.29, 1.82) is 0 Å². The van der Waals surface area contributed by atoms with Gasteiger partial charge in [0.2, 0.25) is 0 Å². The van der Waals surface area contributed by atoms with Gasteiger partial charge in [-0.2, -0.15) is 5.10 Å². The van der Waals surface area contributed by atoms with Gasteiger partial charge in [0.05, 0.1) is 12.2 Å². The molecule has 0 unspecified atom stereocenters. The molecule has 0 atom stereocenters. The van der Waals surface area contributed by atoms with E-state index in [1.54, 1.807) is 4.52 Å². The topological polar surface area (TPSA) is 39.3 Å². The molecule has 0 radical (unpaired) electrons. The summed E-state index contributed by atoms with van der Waals surface area (Å²) in [6.45, 7) is 4.80. The molecule has 0 N–H and O–H groups in total. The summed E-state index contributed by atoms with van der Waals surface area (Å²) in [5.74, 6) is 0. The first-order chi connectivity index (χ1) is 11.1. The second kappa shape index (κ2) is 5.37. The van der Waals surface area contributed by atoms with Crippen molar-refractivity contribution in [2.24, 2.45) is 0 Å². The number of benzene rings is 1. The molecule has 118 valence electrons. The van der Waals surface area contributed by atoms with E-state index in [9.17, 15) is 4.79 Å². The van der Waals surface area contributed by atoms with Crippen molar-refractivity contribution in [2.45, 2.75) is 46.1 Å². The maximum atomic E-state index is 13.0. The van der Waals surface area contributed by atoms with E-state index in [2.05, 4.69) is 37.1 Å². The van der Waals surface area contributed by atoms with E-state index >= 15 is 0 Å². The van der Waals surface area contributed by atoms with Crippen LogP contribution in [0.4, 0.5) is 0 Å². The number of fused-ring (bicyclic) bond motifs is 3. The van der Waals surface area contributed by atoms with Crippen LogP contribution >= 0.6 is 0 Å². The van der Waals surface area contributed by atoms with Crippen molar-refractivity contribution in [3.8, 4) is 0 Å². The largest absolute Gasteiger partial charge is 0.308 e. The lowest BCUT2D eigenvalue weighted by atomic mass is 9.97. The Balaban J connectivity index is 1.83. The molecule has 0 fully saturated rings. The Bertz CT molecular complexity index is 949. The van der Waals surface area contributed by atoms with Crippen LogP contribution in [-0.4, -0.2) is 14.2 Å². The third-order valence-corrected chi connectivity index (χ3v) is 4.88. The molecule has 1 aliphatic carbocycles. The van der Waals surface area contributed by atoms with E-state index in [-0.39, 0.29) is 5.56 Å². The van der Waals surface area contributed by atoms with Crippen molar-refractivity contribution >= 4 is 5.52 Å². The molecule has 3 aromatic rings. The van der Waals surface area contributed by atoms with Gasteiger partial charge < -0.3 is 4.57 Å². The van der Waals surface area contributed by atoms with Gasteiger partial charge in [-0.15, -0.1) is 0 Å². The Morgan fingerprint density at radius 3 is 2.83 bits per heavy atom. The molecule has 23 heavy (non-hydrogen) atoms. The number of rotatable bonds is 2. The average molecular weight is 307 g/mol. The lowest BCUT2D eigenvalue weighted by molar-refractivity contribution is 0.673. The summed E-state index contributed by atoms with van der Waals surface area (Å²) < 4.78 is 3.59. The van der Waals surface area contributed by atoms with Crippen LogP contribution in [0.15, 0.2) is 35.4 Å². The van der Waals surface area contributed by atoms with Gasteiger partial charge in [-0.05, 0) is 50.7 Å². The minimum Gasteiger partial charge on any atom is -0.308 e. The smallest absolute Gasteiger partial charge is 0.277 e. The monoisotopic (exact) mass is 307 g/mol. The third kappa shape index (κ3) is 2.38. The molecule has 2 heterocycles. The first-order valence-corrected chi connectivity index (χ1v) is 8.29. The van der Waals surface area contributed by atoms with Crippen molar-refractivity contribution in [3.63, 3.8) is 0 Å². The zero-order chi connectivity index (χ0) is 16.0. The van der Waals surface area contributed by atoms with Crippen LogP contribution in [0.1, 0.15) is 40.8 Å². The van der Waals surface area contributed by atoms with E-state index < -0.39 is 0 Å². The second-order valence-corrected chi connectivity index (χ2v) is 6.59. The fourth-order valence-corrected chi connectivity index (χ4v) is 3.53. The van der Waals surface area contributed by atoms with Crippen molar-refractivity contribution in [1.82, 2.24) is 14.2 Å². The lowest BCUT2D eigenvalue weighted by Gasteiger charge is -2.11. The predicted molar refractivity (Wildman–Crippen MR) is 91.1 cm³/mol. The van der Waals surface area contributed by atoms with Crippen molar-refractivity contribution in [3.05, 3.63) is 68.9 Å². The highest BCUT2D eigenvalue weighted by molar-refractivity contribution is 5.56. The molecule has 4 heteroatoms. The zero-order valence-electron chi connectivity index (χ0n) is 13.7. The quantitative estimate of drug-likeness (QED) is 0.730. The SMILES string of the molecule is Cc1ccc(C)c(Cn2ccn3nc4c(c3c2=O)CCCC4)c1. The van der Waals surface area contributed by atoms with Crippen LogP contribution in [0.5, 0.6) is 0 Å². The van der Waals surface area contributed by atoms with Gasteiger partial charge in [0.15, 0.2) is 0 Å². The fraction of sp³-hybridized carbons (Fsp3) is 0.368. The highest BCUT2D eigenvalue weighted by Gasteiger charge is 2.19. The van der Waals surface area contributed by atoms with Gasteiger partial charge in [-0.3, -0.25) is 4.79 Å². The molecule has 1 aliphatic rings. The Hall–Kier alpha value is -2.36. The van der Waals surface area contributed by atoms with Crippen LogP contribution in [0.2, 0.25) is 0 Å². The molecule has 0 saturated heterocycles.